The summed E-state index contributed by atoms with van der Waals surface area (Å²) in [6, 6.07) is 17.9. The van der Waals surface area contributed by atoms with Crippen molar-refractivity contribution in [3.8, 4) is 11.5 Å². The highest BCUT2D eigenvalue weighted by molar-refractivity contribution is 6.42. The van der Waals surface area contributed by atoms with Gasteiger partial charge < -0.3 is 19.6 Å². The van der Waals surface area contributed by atoms with Crippen molar-refractivity contribution < 1.29 is 19.4 Å². The lowest BCUT2D eigenvalue weighted by Gasteiger charge is -2.18. The van der Waals surface area contributed by atoms with Crippen LogP contribution in [0.25, 0.3) is 10.9 Å². The number of methoxy groups -OCH3 is 1. The molecule has 176 valence electrons. The Hall–Kier alpha value is -3.19. The second-order valence-corrected chi connectivity index (χ2v) is 8.64. The number of fused-ring (bicyclic) bond motifs is 1. The smallest absolute Gasteiger partial charge is 0.321 e. The zero-order valence-electron chi connectivity index (χ0n) is 18.5. The first kappa shape index (κ1) is 24.0. The van der Waals surface area contributed by atoms with Gasteiger partial charge in [-0.2, -0.15) is 0 Å². The summed E-state index contributed by atoms with van der Waals surface area (Å²) in [5.74, 6) is 0.175. The number of ether oxygens (including phenoxy) is 2. The Kier molecular flexibility index (Phi) is 7.63. The van der Waals surface area contributed by atoms with Crippen LogP contribution < -0.4 is 14.8 Å². The number of carboxylic acids is 1. The molecule has 0 spiro atoms. The van der Waals surface area contributed by atoms with E-state index >= 15 is 0 Å². The Balaban J connectivity index is 1.50. The molecule has 0 aliphatic carbocycles. The molecule has 0 saturated carbocycles. The van der Waals surface area contributed by atoms with E-state index in [4.69, 9.17) is 32.7 Å². The van der Waals surface area contributed by atoms with Gasteiger partial charge in [0.05, 0.1) is 17.2 Å². The average molecular weight is 499 g/mol. The fraction of sp³-hybridized carbons (Fsp3) is 0.192. The molecule has 0 amide bonds. The maximum Gasteiger partial charge on any atom is 0.321 e. The van der Waals surface area contributed by atoms with E-state index in [1.807, 2.05) is 48.7 Å². The number of nitrogens with one attached hydrogen (secondary N) is 2. The molecule has 0 aliphatic heterocycles. The highest BCUT2D eigenvalue weighted by Crippen LogP contribution is 2.32. The molecule has 1 atom stereocenters. The van der Waals surface area contributed by atoms with Crippen LogP contribution in [0.5, 0.6) is 11.5 Å². The minimum Gasteiger partial charge on any atom is -0.493 e. The molecule has 3 aromatic carbocycles. The summed E-state index contributed by atoms with van der Waals surface area (Å²) in [5, 5.41) is 14.9. The maximum absolute atomic E-state index is 12.0. The van der Waals surface area contributed by atoms with Crippen molar-refractivity contribution in [3.63, 3.8) is 0 Å². The third kappa shape index (κ3) is 5.47. The Labute approximate surface area is 207 Å². The van der Waals surface area contributed by atoms with Gasteiger partial charge in [0.15, 0.2) is 11.5 Å². The van der Waals surface area contributed by atoms with Gasteiger partial charge in [0.1, 0.15) is 12.6 Å². The third-order valence-corrected chi connectivity index (χ3v) is 6.32. The number of aromatic nitrogens is 1. The summed E-state index contributed by atoms with van der Waals surface area (Å²) in [6.07, 6.45) is 2.20. The van der Waals surface area contributed by atoms with Gasteiger partial charge in [0.25, 0.3) is 0 Å². The largest absolute Gasteiger partial charge is 0.493 e. The molecule has 0 saturated heterocycles. The van der Waals surface area contributed by atoms with Gasteiger partial charge in [-0.1, -0.05) is 59.6 Å². The van der Waals surface area contributed by atoms with Gasteiger partial charge in [0, 0.05) is 35.6 Å². The van der Waals surface area contributed by atoms with Crippen LogP contribution >= 0.6 is 23.2 Å². The monoisotopic (exact) mass is 498 g/mol. The quantitative estimate of drug-likeness (QED) is 0.255. The van der Waals surface area contributed by atoms with E-state index in [2.05, 4.69) is 10.3 Å². The minimum atomic E-state index is -0.925. The molecule has 6 nitrogen and oxygen atoms in total. The summed E-state index contributed by atoms with van der Waals surface area (Å²) >= 11 is 12.1. The van der Waals surface area contributed by atoms with Crippen molar-refractivity contribution in [2.45, 2.75) is 25.6 Å². The number of benzene rings is 3. The van der Waals surface area contributed by atoms with Gasteiger partial charge >= 0.3 is 5.97 Å². The lowest BCUT2D eigenvalue weighted by molar-refractivity contribution is -0.139. The first-order chi connectivity index (χ1) is 16.5. The molecule has 0 aliphatic rings. The van der Waals surface area contributed by atoms with Crippen LogP contribution in [-0.4, -0.2) is 29.2 Å². The van der Waals surface area contributed by atoms with Crippen LogP contribution in [0.15, 0.2) is 66.9 Å². The number of rotatable bonds is 10. The summed E-state index contributed by atoms with van der Waals surface area (Å²) < 4.78 is 11.6. The SMILES string of the molecule is COc1cccc(CN[C@@H](Cc2c[nH]c3ccccc23)C(=O)O)c1OCc1ccc(Cl)c(Cl)c1. The van der Waals surface area contributed by atoms with Crippen LogP contribution in [0.1, 0.15) is 16.7 Å². The van der Waals surface area contributed by atoms with Crippen molar-refractivity contribution in [1.29, 1.82) is 0 Å². The van der Waals surface area contributed by atoms with Crippen molar-refractivity contribution in [2.75, 3.05) is 7.11 Å². The molecular weight excluding hydrogens is 475 g/mol. The number of halogens is 2. The molecule has 34 heavy (non-hydrogen) atoms. The van der Waals surface area contributed by atoms with Crippen LogP contribution in [0.3, 0.4) is 0 Å². The summed E-state index contributed by atoms with van der Waals surface area (Å²) in [7, 11) is 1.57. The van der Waals surface area contributed by atoms with Crippen molar-refractivity contribution in [3.05, 3.63) is 93.6 Å². The molecule has 0 radical (unpaired) electrons. The number of aromatic amines is 1. The summed E-state index contributed by atoms with van der Waals surface area (Å²) in [6.45, 7) is 0.537. The zero-order chi connectivity index (χ0) is 24.1. The number of H-pyrrole nitrogens is 1. The van der Waals surface area contributed by atoms with Gasteiger partial charge in [-0.15, -0.1) is 0 Å². The van der Waals surface area contributed by atoms with Gasteiger partial charge in [0.2, 0.25) is 0 Å². The predicted octanol–water partition coefficient (Wildman–Crippen LogP) is 5.85. The molecular formula is C26H24Cl2N2O4. The number of para-hydroxylation sites is 2. The van der Waals surface area contributed by atoms with Crippen molar-refractivity contribution in [1.82, 2.24) is 10.3 Å². The first-order valence-electron chi connectivity index (χ1n) is 10.7. The minimum absolute atomic E-state index is 0.252. The number of carbonyl (C=O) groups is 1. The molecule has 0 bridgehead atoms. The van der Waals surface area contributed by atoms with E-state index in [1.54, 1.807) is 25.3 Å². The maximum atomic E-state index is 12.0. The summed E-state index contributed by atoms with van der Waals surface area (Å²) in [4.78, 5) is 15.2. The first-order valence-corrected chi connectivity index (χ1v) is 11.5. The van der Waals surface area contributed by atoms with Gasteiger partial charge in [-0.05, 0) is 35.4 Å². The topological polar surface area (TPSA) is 83.6 Å². The molecule has 8 heteroatoms. The second kappa shape index (κ2) is 10.8. The van der Waals surface area contributed by atoms with E-state index in [-0.39, 0.29) is 13.2 Å². The highest BCUT2D eigenvalue weighted by Gasteiger charge is 2.21. The normalized spacial score (nSPS) is 12.0. The zero-order valence-corrected chi connectivity index (χ0v) is 20.0. The Bertz CT molecular complexity index is 1310. The standard InChI is InChI=1S/C26H24Cl2N2O4/c1-33-24-8-4-5-17(25(24)34-15-16-9-10-20(27)21(28)11-16)13-30-23(26(31)32)12-18-14-29-22-7-3-2-6-19(18)22/h2-11,14,23,29-30H,12-13,15H2,1H3,(H,31,32)/t23-/m0/s1. The Morgan fingerprint density at radius 2 is 1.88 bits per heavy atom. The van der Waals surface area contributed by atoms with Gasteiger partial charge in [-0.25, -0.2) is 0 Å². The molecule has 1 aromatic heterocycles. The van der Waals surface area contributed by atoms with Crippen molar-refractivity contribution >= 4 is 40.1 Å². The molecule has 4 aromatic rings. The summed E-state index contributed by atoms with van der Waals surface area (Å²) in [5.41, 5.74) is 3.55. The predicted molar refractivity (Wildman–Crippen MR) is 134 cm³/mol. The highest BCUT2D eigenvalue weighted by atomic mass is 35.5. The molecule has 1 heterocycles. The van der Waals surface area contributed by atoms with Crippen LogP contribution in [0, 0.1) is 0 Å². The molecule has 4 rings (SSSR count). The van der Waals surface area contributed by atoms with E-state index in [0.29, 0.717) is 28.0 Å². The fourth-order valence-corrected chi connectivity index (χ4v) is 4.13. The van der Waals surface area contributed by atoms with Crippen molar-refractivity contribution in [2.24, 2.45) is 0 Å². The van der Waals surface area contributed by atoms with Crippen LogP contribution in [0.4, 0.5) is 0 Å². The van der Waals surface area contributed by atoms with E-state index < -0.39 is 12.0 Å². The lowest BCUT2D eigenvalue weighted by Crippen LogP contribution is -2.38. The van der Waals surface area contributed by atoms with Crippen LogP contribution in [-0.2, 0) is 24.4 Å². The van der Waals surface area contributed by atoms with E-state index in [9.17, 15) is 9.90 Å². The number of carboxylic acid groups (broad SMARTS) is 1. The van der Waals surface area contributed by atoms with E-state index in [1.165, 1.54) is 0 Å². The fourth-order valence-electron chi connectivity index (χ4n) is 3.81. The van der Waals surface area contributed by atoms with E-state index in [0.717, 1.165) is 27.6 Å². The lowest BCUT2D eigenvalue weighted by atomic mass is 10.0. The number of hydrogen-bond acceptors (Lipinski definition) is 4. The second-order valence-electron chi connectivity index (χ2n) is 7.82. The number of aliphatic carboxylic acids is 1. The third-order valence-electron chi connectivity index (χ3n) is 5.58. The Morgan fingerprint density at radius 3 is 2.65 bits per heavy atom. The number of hydrogen-bond donors (Lipinski definition) is 3. The molecule has 0 unspecified atom stereocenters. The Morgan fingerprint density at radius 1 is 1.06 bits per heavy atom. The molecule has 3 N–H and O–H groups in total. The van der Waals surface area contributed by atoms with Crippen LogP contribution in [0.2, 0.25) is 10.0 Å². The van der Waals surface area contributed by atoms with Gasteiger partial charge in [-0.3, -0.25) is 10.1 Å². The molecule has 0 fully saturated rings. The average Bonchev–Trinajstić information content (AvgIpc) is 3.25.